The summed E-state index contributed by atoms with van der Waals surface area (Å²) in [7, 11) is 0. The Kier molecular flexibility index (Phi) is 8.78. The second-order valence-corrected chi connectivity index (χ2v) is 8.69. The van der Waals surface area contributed by atoms with Crippen LogP contribution in [0.4, 0.5) is 18.0 Å². The monoisotopic (exact) mass is 454 g/mol. The van der Waals surface area contributed by atoms with Crippen LogP contribution < -0.4 is 10.6 Å². The molecule has 0 radical (unpaired) electrons. The Labute approximate surface area is 187 Å². The van der Waals surface area contributed by atoms with E-state index in [1.807, 2.05) is 4.90 Å². The van der Waals surface area contributed by atoms with Gasteiger partial charge in [-0.05, 0) is 37.0 Å². The van der Waals surface area contributed by atoms with Crippen LogP contribution in [0.5, 0.6) is 0 Å². The topological polar surface area (TPSA) is 64.7 Å². The predicted octanol–water partition coefficient (Wildman–Crippen LogP) is 3.76. The average Bonchev–Trinajstić information content (AvgIpc) is 2.77. The van der Waals surface area contributed by atoms with E-state index in [2.05, 4.69) is 15.5 Å². The molecule has 1 aromatic rings. The maximum atomic E-state index is 12.7. The number of hydrogen-bond acceptors (Lipinski definition) is 3. The Morgan fingerprint density at radius 1 is 0.969 bits per heavy atom. The van der Waals surface area contributed by atoms with Gasteiger partial charge in [-0.2, -0.15) is 13.2 Å². The highest BCUT2D eigenvalue weighted by atomic mass is 19.4. The second kappa shape index (κ2) is 11.5. The van der Waals surface area contributed by atoms with Crippen LogP contribution in [0.25, 0.3) is 0 Å². The molecule has 0 unspecified atom stereocenters. The summed E-state index contributed by atoms with van der Waals surface area (Å²) in [5.41, 5.74) is 0.188. The summed E-state index contributed by atoms with van der Waals surface area (Å²) in [6, 6.07) is 5.36. The van der Waals surface area contributed by atoms with Gasteiger partial charge in [0, 0.05) is 51.7 Å². The van der Waals surface area contributed by atoms with Gasteiger partial charge in [0.05, 0.1) is 5.56 Å². The maximum absolute atomic E-state index is 12.7. The molecular formula is C23H33F3N4O2. The van der Waals surface area contributed by atoms with Crippen molar-refractivity contribution < 1.29 is 22.8 Å². The molecule has 1 aliphatic heterocycles. The van der Waals surface area contributed by atoms with Gasteiger partial charge in [-0.25, -0.2) is 4.79 Å². The normalized spacial score (nSPS) is 18.4. The number of halogens is 3. The van der Waals surface area contributed by atoms with Crippen LogP contribution in [0.3, 0.4) is 0 Å². The quantitative estimate of drug-likeness (QED) is 0.617. The van der Waals surface area contributed by atoms with Crippen LogP contribution in [0.1, 0.15) is 56.1 Å². The Morgan fingerprint density at radius 2 is 1.62 bits per heavy atom. The van der Waals surface area contributed by atoms with E-state index in [1.54, 1.807) is 0 Å². The van der Waals surface area contributed by atoms with Gasteiger partial charge in [-0.15, -0.1) is 0 Å². The third-order valence-electron chi connectivity index (χ3n) is 6.21. The summed E-state index contributed by atoms with van der Waals surface area (Å²) in [5.74, 6) is 0.0775. The summed E-state index contributed by atoms with van der Waals surface area (Å²) in [5, 5.41) is 5.84. The Balaban J connectivity index is 1.29. The molecule has 0 aromatic heterocycles. The highest BCUT2D eigenvalue weighted by Gasteiger charge is 2.30. The molecule has 6 nitrogen and oxygen atoms in total. The van der Waals surface area contributed by atoms with Gasteiger partial charge in [0.1, 0.15) is 0 Å². The number of amides is 3. The van der Waals surface area contributed by atoms with Crippen molar-refractivity contribution in [3.63, 3.8) is 0 Å². The zero-order valence-electron chi connectivity index (χ0n) is 18.4. The fraction of sp³-hybridized carbons (Fsp3) is 0.652. The van der Waals surface area contributed by atoms with Gasteiger partial charge in [-0.3, -0.25) is 9.69 Å². The summed E-state index contributed by atoms with van der Waals surface area (Å²) < 4.78 is 38.0. The molecule has 3 rings (SSSR count). The van der Waals surface area contributed by atoms with Crippen molar-refractivity contribution in [2.45, 2.75) is 63.7 Å². The van der Waals surface area contributed by atoms with Crippen LogP contribution in [-0.2, 0) is 17.5 Å². The van der Waals surface area contributed by atoms with Crippen molar-refractivity contribution in [1.29, 1.82) is 0 Å². The number of rotatable bonds is 7. The molecule has 2 N–H and O–H groups in total. The van der Waals surface area contributed by atoms with Gasteiger partial charge in [-0.1, -0.05) is 31.4 Å². The van der Waals surface area contributed by atoms with Crippen molar-refractivity contribution in [2.24, 2.45) is 0 Å². The number of alkyl halides is 3. The number of carbonyl (C=O) groups excluding carboxylic acids is 2. The van der Waals surface area contributed by atoms with Crippen molar-refractivity contribution in [1.82, 2.24) is 20.4 Å². The SMILES string of the molecule is O=C(NCCCC(=O)N1CCN(Cc2ccc(C(F)(F)F)cc2)CC1)NC1CCCCC1. The van der Waals surface area contributed by atoms with E-state index >= 15 is 0 Å². The van der Waals surface area contributed by atoms with E-state index in [4.69, 9.17) is 0 Å². The molecule has 1 saturated heterocycles. The molecule has 1 heterocycles. The van der Waals surface area contributed by atoms with E-state index in [9.17, 15) is 22.8 Å². The van der Waals surface area contributed by atoms with Crippen molar-refractivity contribution >= 4 is 11.9 Å². The van der Waals surface area contributed by atoms with Gasteiger partial charge in [0.25, 0.3) is 0 Å². The van der Waals surface area contributed by atoms with Gasteiger partial charge in [0.2, 0.25) is 5.91 Å². The number of piperazine rings is 1. The molecule has 1 aliphatic carbocycles. The number of benzene rings is 1. The van der Waals surface area contributed by atoms with E-state index in [0.29, 0.717) is 52.1 Å². The molecule has 178 valence electrons. The van der Waals surface area contributed by atoms with E-state index < -0.39 is 11.7 Å². The maximum Gasteiger partial charge on any atom is 0.416 e. The fourth-order valence-electron chi connectivity index (χ4n) is 4.30. The predicted molar refractivity (Wildman–Crippen MR) is 116 cm³/mol. The molecule has 1 saturated carbocycles. The van der Waals surface area contributed by atoms with Gasteiger partial charge < -0.3 is 15.5 Å². The number of nitrogens with zero attached hydrogens (tertiary/aromatic N) is 2. The molecule has 2 aliphatic rings. The second-order valence-electron chi connectivity index (χ2n) is 8.69. The van der Waals surface area contributed by atoms with E-state index in [-0.39, 0.29) is 18.0 Å². The molecular weight excluding hydrogens is 421 g/mol. The van der Waals surface area contributed by atoms with E-state index in [1.165, 1.54) is 18.6 Å². The number of nitrogens with one attached hydrogen (secondary N) is 2. The lowest BCUT2D eigenvalue weighted by molar-refractivity contribution is -0.137. The van der Waals surface area contributed by atoms with Gasteiger partial charge >= 0.3 is 12.2 Å². The zero-order valence-corrected chi connectivity index (χ0v) is 18.4. The Morgan fingerprint density at radius 3 is 2.25 bits per heavy atom. The molecule has 32 heavy (non-hydrogen) atoms. The fourth-order valence-corrected chi connectivity index (χ4v) is 4.30. The lowest BCUT2D eigenvalue weighted by Gasteiger charge is -2.35. The smallest absolute Gasteiger partial charge is 0.340 e. The van der Waals surface area contributed by atoms with Crippen LogP contribution >= 0.6 is 0 Å². The average molecular weight is 455 g/mol. The largest absolute Gasteiger partial charge is 0.416 e. The minimum atomic E-state index is -4.32. The molecule has 2 fully saturated rings. The molecule has 0 bridgehead atoms. The minimum absolute atomic E-state index is 0.0775. The van der Waals surface area contributed by atoms with Crippen molar-refractivity contribution in [3.8, 4) is 0 Å². The van der Waals surface area contributed by atoms with Crippen molar-refractivity contribution in [2.75, 3.05) is 32.7 Å². The van der Waals surface area contributed by atoms with Crippen LogP contribution in [0.2, 0.25) is 0 Å². The third-order valence-corrected chi connectivity index (χ3v) is 6.21. The standard InChI is InChI=1S/C23H33F3N4O2/c24-23(25,26)19-10-8-18(9-11-19)17-29-13-15-30(16-14-29)21(31)7-4-12-27-22(32)28-20-5-2-1-3-6-20/h8-11,20H,1-7,12-17H2,(H2,27,28,32). The van der Waals surface area contributed by atoms with Crippen molar-refractivity contribution in [3.05, 3.63) is 35.4 Å². The third kappa shape index (κ3) is 7.69. The van der Waals surface area contributed by atoms with Crippen LogP contribution in [0, 0.1) is 0 Å². The molecule has 1 aromatic carbocycles. The van der Waals surface area contributed by atoms with E-state index in [0.717, 1.165) is 43.4 Å². The summed E-state index contributed by atoms with van der Waals surface area (Å²) in [4.78, 5) is 28.3. The first kappa shape index (κ1) is 24.4. The first-order valence-electron chi connectivity index (χ1n) is 11.5. The first-order chi connectivity index (χ1) is 15.3. The zero-order chi connectivity index (χ0) is 23.0. The Bertz CT molecular complexity index is 741. The highest BCUT2D eigenvalue weighted by Crippen LogP contribution is 2.29. The molecule has 9 heteroatoms. The molecule has 3 amide bonds. The molecule has 0 atom stereocenters. The first-order valence-corrected chi connectivity index (χ1v) is 11.5. The van der Waals surface area contributed by atoms with Gasteiger partial charge in [0.15, 0.2) is 0 Å². The molecule has 0 spiro atoms. The summed E-state index contributed by atoms with van der Waals surface area (Å²) in [6.07, 6.45) is 2.32. The number of urea groups is 1. The van der Waals surface area contributed by atoms with Crippen LogP contribution in [-0.4, -0.2) is 60.5 Å². The summed E-state index contributed by atoms with van der Waals surface area (Å²) in [6.45, 7) is 3.63. The van der Waals surface area contributed by atoms with Crippen LogP contribution in [0.15, 0.2) is 24.3 Å². The highest BCUT2D eigenvalue weighted by molar-refractivity contribution is 5.76. The Hall–Kier alpha value is -2.29. The minimum Gasteiger partial charge on any atom is -0.340 e. The lowest BCUT2D eigenvalue weighted by Crippen LogP contribution is -2.48. The number of hydrogen-bond donors (Lipinski definition) is 2. The lowest BCUT2D eigenvalue weighted by atomic mass is 9.96. The summed E-state index contributed by atoms with van der Waals surface area (Å²) >= 11 is 0. The number of carbonyl (C=O) groups is 2.